The van der Waals surface area contributed by atoms with Crippen LogP contribution in [0.4, 0.5) is 4.79 Å². The number of amides is 4. The number of carbonyl (C=O) groups excluding carboxylic acids is 4. The standard InChI is InChI=1S/C42H56N4O7S2/c1-5-31-26-42(31,38(49)45-55(51,52)33-23-24-33)44-36(47)35-27-41(32-21-19-30(20-22-32)29-16-12-11-13-17-29)28-46(35)37(48)34(43-39(50)53-40(2,3)4)18-14-9-7-6-8-10-15-25-54-41/h5,11-13,16-17,19-22,31,33-35H,1,6-10,14-15,18,23-28H2,2-4H3,(H,43,50)(H,44,47)(H,45,49)/t31-,34+,35+,41-,42-/m1/s1. The zero-order valence-electron chi connectivity index (χ0n) is 32.3. The second-order valence-electron chi connectivity index (χ2n) is 16.6. The van der Waals surface area contributed by atoms with Crippen LogP contribution < -0.4 is 15.4 Å². The van der Waals surface area contributed by atoms with Crippen molar-refractivity contribution >= 4 is 45.6 Å². The van der Waals surface area contributed by atoms with Gasteiger partial charge in [0, 0.05) is 12.5 Å². The smallest absolute Gasteiger partial charge is 0.408 e. The molecule has 3 N–H and O–H groups in total. The maximum Gasteiger partial charge on any atom is 0.408 e. The van der Waals surface area contributed by atoms with Crippen molar-refractivity contribution in [2.24, 2.45) is 5.92 Å². The molecular weight excluding hydrogens is 737 g/mol. The largest absolute Gasteiger partial charge is 0.444 e. The van der Waals surface area contributed by atoms with E-state index in [0.717, 1.165) is 61.0 Å². The van der Waals surface area contributed by atoms with Crippen molar-refractivity contribution in [1.29, 1.82) is 0 Å². The molecule has 6 rings (SSSR count). The summed E-state index contributed by atoms with van der Waals surface area (Å²) in [6, 6.07) is 16.4. The topological polar surface area (TPSA) is 151 Å². The van der Waals surface area contributed by atoms with E-state index in [2.05, 4.69) is 58.3 Å². The van der Waals surface area contributed by atoms with Gasteiger partial charge < -0.3 is 20.3 Å². The Labute approximate surface area is 330 Å². The number of rotatable bonds is 9. The zero-order chi connectivity index (χ0) is 39.4. The van der Waals surface area contributed by atoms with Gasteiger partial charge in [-0.05, 0) is 81.7 Å². The van der Waals surface area contributed by atoms with Gasteiger partial charge in [0.15, 0.2) is 0 Å². The van der Waals surface area contributed by atoms with Crippen LogP contribution >= 0.6 is 11.8 Å². The predicted molar refractivity (Wildman–Crippen MR) is 215 cm³/mol. The Kier molecular flexibility index (Phi) is 12.4. The number of thioether (sulfide) groups is 1. The molecule has 2 aromatic rings. The maximum absolute atomic E-state index is 14.9. The van der Waals surface area contributed by atoms with Crippen LogP contribution in [0, 0.1) is 5.92 Å². The first-order valence-electron chi connectivity index (χ1n) is 19.8. The van der Waals surface area contributed by atoms with Crippen LogP contribution in [0.5, 0.6) is 0 Å². The predicted octanol–water partition coefficient (Wildman–Crippen LogP) is 6.58. The van der Waals surface area contributed by atoms with Crippen LogP contribution in [0.15, 0.2) is 67.3 Å². The fourth-order valence-electron chi connectivity index (χ4n) is 7.86. The first kappa shape index (κ1) is 40.8. The number of alkyl carbamates (subject to hydrolysis) is 1. The number of carbonyl (C=O) groups is 4. The molecule has 2 aromatic carbocycles. The average Bonchev–Trinajstić information content (AvgIpc) is 4.08. The summed E-state index contributed by atoms with van der Waals surface area (Å²) in [6.07, 6.45) is 9.56. The lowest BCUT2D eigenvalue weighted by Crippen LogP contribution is -2.58. The molecule has 2 aliphatic heterocycles. The molecule has 298 valence electrons. The second kappa shape index (κ2) is 16.7. The molecule has 0 radical (unpaired) electrons. The van der Waals surface area contributed by atoms with Gasteiger partial charge in [-0.25, -0.2) is 13.2 Å². The van der Waals surface area contributed by atoms with E-state index in [1.165, 1.54) is 0 Å². The van der Waals surface area contributed by atoms with E-state index in [0.29, 0.717) is 25.7 Å². The van der Waals surface area contributed by atoms with E-state index >= 15 is 0 Å². The van der Waals surface area contributed by atoms with Crippen LogP contribution in [-0.2, 0) is 33.9 Å². The van der Waals surface area contributed by atoms with Crippen molar-refractivity contribution < 1.29 is 32.3 Å². The number of fused-ring (bicyclic) bond motifs is 2. The lowest BCUT2D eigenvalue weighted by molar-refractivity contribution is -0.141. The summed E-state index contributed by atoms with van der Waals surface area (Å²) >= 11 is 1.75. The minimum absolute atomic E-state index is 0.193. The Bertz CT molecular complexity index is 1840. The lowest BCUT2D eigenvalue weighted by atomic mass is 9.93. The van der Waals surface area contributed by atoms with Gasteiger partial charge in [0.25, 0.3) is 5.91 Å². The monoisotopic (exact) mass is 792 g/mol. The van der Waals surface area contributed by atoms with E-state index in [9.17, 15) is 27.6 Å². The highest BCUT2D eigenvalue weighted by Crippen LogP contribution is 2.50. The average molecular weight is 793 g/mol. The van der Waals surface area contributed by atoms with Gasteiger partial charge in [-0.2, -0.15) is 0 Å². The zero-order valence-corrected chi connectivity index (χ0v) is 33.9. The van der Waals surface area contributed by atoms with Crippen LogP contribution in [0.2, 0.25) is 0 Å². The Morgan fingerprint density at radius 1 is 0.891 bits per heavy atom. The van der Waals surface area contributed by atoms with Gasteiger partial charge in [-0.15, -0.1) is 18.3 Å². The highest BCUT2D eigenvalue weighted by Gasteiger charge is 2.62. The molecule has 2 saturated heterocycles. The van der Waals surface area contributed by atoms with Gasteiger partial charge in [0.1, 0.15) is 23.2 Å². The third kappa shape index (κ3) is 9.76. The van der Waals surface area contributed by atoms with Gasteiger partial charge >= 0.3 is 6.09 Å². The van der Waals surface area contributed by atoms with Crippen molar-refractivity contribution in [3.8, 4) is 11.1 Å². The molecule has 4 fully saturated rings. The number of nitrogens with zero attached hydrogens (tertiary/aromatic N) is 1. The first-order chi connectivity index (χ1) is 26.2. The molecule has 11 nitrogen and oxygen atoms in total. The number of hydrogen-bond acceptors (Lipinski definition) is 8. The van der Waals surface area contributed by atoms with Crippen LogP contribution in [-0.4, -0.2) is 77.9 Å². The summed E-state index contributed by atoms with van der Waals surface area (Å²) < 4.78 is 32.8. The molecule has 0 aromatic heterocycles. The van der Waals surface area contributed by atoms with Gasteiger partial charge in [-0.1, -0.05) is 99.2 Å². The molecule has 5 atom stereocenters. The lowest BCUT2D eigenvalue weighted by Gasteiger charge is -2.32. The van der Waals surface area contributed by atoms with Crippen LogP contribution in [0.25, 0.3) is 11.1 Å². The third-order valence-electron chi connectivity index (χ3n) is 11.2. The third-order valence-corrected chi connectivity index (χ3v) is 14.6. The summed E-state index contributed by atoms with van der Waals surface area (Å²) in [6.45, 7) is 9.32. The molecule has 2 bridgehead atoms. The highest BCUT2D eigenvalue weighted by molar-refractivity contribution is 8.00. The molecule has 13 heteroatoms. The van der Waals surface area contributed by atoms with Crippen molar-refractivity contribution in [3.05, 3.63) is 72.8 Å². The van der Waals surface area contributed by atoms with Crippen LogP contribution in [0.3, 0.4) is 0 Å². The van der Waals surface area contributed by atoms with E-state index in [1.807, 2.05) is 18.2 Å². The Morgan fingerprint density at radius 3 is 2.15 bits per heavy atom. The van der Waals surface area contributed by atoms with E-state index < -0.39 is 73.0 Å². The molecule has 4 aliphatic rings. The van der Waals surface area contributed by atoms with E-state index in [4.69, 9.17) is 4.74 Å². The SMILES string of the molecule is C=C[C@@H]1C[C@]1(NC(=O)[C@@H]1C[C@]2(c3ccc(-c4ccccc4)cc3)CN1C(=O)[C@@H](NC(=O)OC(C)(C)C)CCCCCCCCCS2)C(=O)NS(=O)(=O)C1CC1. The Hall–Kier alpha value is -3.84. The molecular formula is C42H56N4O7S2. The molecule has 0 spiro atoms. The minimum Gasteiger partial charge on any atom is -0.444 e. The van der Waals surface area contributed by atoms with Gasteiger partial charge in [0.05, 0.1) is 10.00 Å². The molecule has 0 unspecified atom stereocenters. The summed E-state index contributed by atoms with van der Waals surface area (Å²) in [5, 5.41) is 5.16. The quantitative estimate of drug-likeness (QED) is 0.241. The normalized spacial score (nSPS) is 27.9. The van der Waals surface area contributed by atoms with Crippen molar-refractivity contribution in [2.45, 2.75) is 131 Å². The number of ether oxygens (including phenoxy) is 1. The fourth-order valence-corrected chi connectivity index (χ4v) is 10.8. The number of benzene rings is 2. The van der Waals surface area contributed by atoms with E-state index in [-0.39, 0.29) is 19.4 Å². The molecule has 2 aliphatic carbocycles. The minimum atomic E-state index is -3.88. The first-order valence-corrected chi connectivity index (χ1v) is 22.3. The van der Waals surface area contributed by atoms with Crippen molar-refractivity contribution in [3.63, 3.8) is 0 Å². The summed E-state index contributed by atoms with van der Waals surface area (Å²) in [5.41, 5.74) is 0.809. The summed E-state index contributed by atoms with van der Waals surface area (Å²) in [5.74, 6) is -1.38. The summed E-state index contributed by atoms with van der Waals surface area (Å²) in [4.78, 5) is 58.0. The maximum atomic E-state index is 14.9. The van der Waals surface area contributed by atoms with Crippen LogP contribution in [0.1, 0.15) is 103 Å². The molecule has 2 heterocycles. The highest BCUT2D eigenvalue weighted by atomic mass is 32.2. The fraction of sp³-hybridized carbons (Fsp3) is 0.571. The molecule has 55 heavy (non-hydrogen) atoms. The Morgan fingerprint density at radius 2 is 1.53 bits per heavy atom. The van der Waals surface area contributed by atoms with Crippen molar-refractivity contribution in [2.75, 3.05) is 12.3 Å². The van der Waals surface area contributed by atoms with E-state index in [1.54, 1.807) is 43.5 Å². The Balaban J connectivity index is 1.36. The second-order valence-corrected chi connectivity index (χ2v) is 20.1. The van der Waals surface area contributed by atoms with Gasteiger partial charge in [0.2, 0.25) is 21.8 Å². The summed E-state index contributed by atoms with van der Waals surface area (Å²) in [7, 11) is -3.88. The number of sulfonamides is 1. The number of hydrogen-bond donors (Lipinski definition) is 3. The van der Waals surface area contributed by atoms with Gasteiger partial charge in [-0.3, -0.25) is 19.1 Å². The molecule has 4 amide bonds. The number of nitrogens with one attached hydrogen (secondary N) is 3. The molecule has 2 saturated carbocycles. The van der Waals surface area contributed by atoms with Crippen molar-refractivity contribution in [1.82, 2.24) is 20.3 Å².